The number of likely N-dealkylation sites (tertiary alicyclic amines) is 1. The van der Waals surface area contributed by atoms with E-state index in [4.69, 9.17) is 21.1 Å². The molecule has 1 saturated carbocycles. The van der Waals surface area contributed by atoms with Crippen molar-refractivity contribution in [3.8, 4) is 5.75 Å². The van der Waals surface area contributed by atoms with E-state index in [-0.39, 0.29) is 41.7 Å². The van der Waals surface area contributed by atoms with Gasteiger partial charge in [0.1, 0.15) is 5.75 Å². The van der Waals surface area contributed by atoms with Gasteiger partial charge in [0, 0.05) is 34.3 Å². The van der Waals surface area contributed by atoms with Crippen LogP contribution in [0, 0.1) is 17.8 Å². The minimum absolute atomic E-state index is 0.0716. The Kier molecular flexibility index (Phi) is 7.00. The van der Waals surface area contributed by atoms with Crippen LogP contribution in [-0.4, -0.2) is 53.6 Å². The van der Waals surface area contributed by atoms with Crippen LogP contribution in [0.1, 0.15) is 61.6 Å². The largest absolute Gasteiger partial charge is 0.497 e. The van der Waals surface area contributed by atoms with E-state index in [1.165, 1.54) is 0 Å². The highest BCUT2D eigenvalue weighted by molar-refractivity contribution is 6.30. The number of hydrogen-bond acceptors (Lipinski definition) is 5. The molecule has 2 fully saturated rings. The summed E-state index contributed by atoms with van der Waals surface area (Å²) < 4.78 is 12.5. The van der Waals surface area contributed by atoms with Crippen molar-refractivity contribution in [2.75, 3.05) is 20.3 Å². The maximum Gasteiger partial charge on any atom is 0.310 e. The SMILES string of the molecule is COc1ccc2c(c1)c(CC(=O)OCC(=O)N1CC3(C)CC1CC(C)(C)C3)c(C)n2C(=O)c1ccc(Cl)cc1. The predicted molar refractivity (Wildman–Crippen MR) is 150 cm³/mol. The van der Waals surface area contributed by atoms with E-state index in [0.717, 1.165) is 24.6 Å². The molecule has 0 spiro atoms. The number of methoxy groups -OCH3 is 1. The van der Waals surface area contributed by atoms with E-state index in [1.54, 1.807) is 55.0 Å². The van der Waals surface area contributed by atoms with Crippen molar-refractivity contribution < 1.29 is 23.9 Å². The van der Waals surface area contributed by atoms with Gasteiger partial charge in [-0.05, 0) is 85.0 Å². The van der Waals surface area contributed by atoms with Crippen LogP contribution < -0.4 is 4.74 Å². The van der Waals surface area contributed by atoms with E-state index < -0.39 is 5.97 Å². The Morgan fingerprint density at radius 3 is 2.46 bits per heavy atom. The molecule has 1 aromatic heterocycles. The molecule has 39 heavy (non-hydrogen) atoms. The molecule has 5 rings (SSSR count). The van der Waals surface area contributed by atoms with Crippen molar-refractivity contribution in [2.45, 2.75) is 59.4 Å². The first-order chi connectivity index (χ1) is 18.4. The number of ether oxygens (including phenoxy) is 2. The Bertz CT molecular complexity index is 1460. The Labute approximate surface area is 234 Å². The van der Waals surface area contributed by atoms with Crippen LogP contribution in [0.25, 0.3) is 10.9 Å². The normalized spacial score (nSPS) is 21.7. The summed E-state index contributed by atoms with van der Waals surface area (Å²) in [6.45, 7) is 9.00. The van der Waals surface area contributed by atoms with Crippen molar-refractivity contribution in [1.82, 2.24) is 9.47 Å². The zero-order valence-electron chi connectivity index (χ0n) is 23.2. The van der Waals surface area contributed by atoms with Crippen LogP contribution in [0.3, 0.4) is 0 Å². The highest BCUT2D eigenvalue weighted by Gasteiger charge is 2.51. The highest BCUT2D eigenvalue weighted by atomic mass is 35.5. The van der Waals surface area contributed by atoms with Gasteiger partial charge in [-0.1, -0.05) is 32.4 Å². The fourth-order valence-electron chi connectivity index (χ4n) is 6.97. The van der Waals surface area contributed by atoms with Gasteiger partial charge >= 0.3 is 5.97 Å². The molecule has 2 atom stereocenters. The van der Waals surface area contributed by atoms with Crippen LogP contribution >= 0.6 is 11.6 Å². The molecule has 1 aliphatic carbocycles. The smallest absolute Gasteiger partial charge is 0.310 e. The summed E-state index contributed by atoms with van der Waals surface area (Å²) in [4.78, 5) is 41.5. The average Bonchev–Trinajstić information content (AvgIpc) is 3.30. The second kappa shape index (κ2) is 10.0. The fraction of sp³-hybridized carbons (Fsp3) is 0.452. The van der Waals surface area contributed by atoms with Crippen molar-refractivity contribution in [2.24, 2.45) is 10.8 Å². The molecule has 8 heteroatoms. The Balaban J connectivity index is 1.35. The molecule has 0 radical (unpaired) electrons. The van der Waals surface area contributed by atoms with E-state index >= 15 is 0 Å². The van der Waals surface area contributed by atoms with Crippen LogP contribution in [0.2, 0.25) is 5.02 Å². The summed E-state index contributed by atoms with van der Waals surface area (Å²) in [5, 5.41) is 1.26. The molecule has 0 N–H and O–H groups in total. The molecule has 2 heterocycles. The Morgan fingerprint density at radius 2 is 1.77 bits per heavy atom. The van der Waals surface area contributed by atoms with E-state index in [2.05, 4.69) is 20.8 Å². The lowest BCUT2D eigenvalue weighted by Gasteiger charge is -2.39. The summed E-state index contributed by atoms with van der Waals surface area (Å²) in [7, 11) is 1.57. The molecule has 2 aromatic carbocycles. The maximum atomic E-state index is 13.5. The van der Waals surface area contributed by atoms with Crippen molar-refractivity contribution in [3.05, 3.63) is 64.3 Å². The minimum Gasteiger partial charge on any atom is -0.497 e. The molecule has 7 nitrogen and oxygen atoms in total. The number of esters is 1. The van der Waals surface area contributed by atoms with Crippen LogP contribution in [0.5, 0.6) is 5.75 Å². The first-order valence-electron chi connectivity index (χ1n) is 13.3. The van der Waals surface area contributed by atoms with E-state index in [1.807, 2.05) is 11.0 Å². The van der Waals surface area contributed by atoms with Gasteiger partial charge in [-0.15, -0.1) is 0 Å². The Hall–Kier alpha value is -3.32. The number of hydrogen-bond donors (Lipinski definition) is 0. The molecule has 3 aromatic rings. The summed E-state index contributed by atoms with van der Waals surface area (Å²) >= 11 is 6.01. The zero-order valence-corrected chi connectivity index (χ0v) is 23.9. The standard InChI is InChI=1S/C31H35ClN2O5/c1-19-24(13-28(36)39-16-27(35)33-18-31(4)15-22(33)14-30(2,3)17-31)25-12-23(38-5)10-11-26(25)34(19)29(37)20-6-8-21(32)9-7-20/h6-12,22H,13-18H2,1-5H3. The molecule has 2 aliphatic rings. The third-order valence-corrected chi connectivity index (χ3v) is 8.50. The molecule has 206 valence electrons. The van der Waals surface area contributed by atoms with E-state index in [9.17, 15) is 14.4 Å². The lowest BCUT2D eigenvalue weighted by molar-refractivity contribution is -0.152. The average molecular weight is 551 g/mol. The number of fused-ring (bicyclic) bond motifs is 3. The molecule has 2 unspecified atom stereocenters. The second-order valence-corrected chi connectivity index (χ2v) is 12.6. The fourth-order valence-corrected chi connectivity index (χ4v) is 7.09. The lowest BCUT2D eigenvalue weighted by atomic mass is 9.65. The third-order valence-electron chi connectivity index (χ3n) is 8.25. The summed E-state index contributed by atoms with van der Waals surface area (Å²) in [5.74, 6) is -0.278. The van der Waals surface area contributed by atoms with Gasteiger partial charge in [-0.3, -0.25) is 19.0 Å². The quantitative estimate of drug-likeness (QED) is 0.362. The van der Waals surface area contributed by atoms with E-state index in [0.29, 0.717) is 39.7 Å². The number of rotatable bonds is 6. The molecular weight excluding hydrogens is 516 g/mol. The highest BCUT2D eigenvalue weighted by Crippen LogP contribution is 2.52. The van der Waals surface area contributed by atoms with Crippen LogP contribution in [0.4, 0.5) is 0 Å². The predicted octanol–water partition coefficient (Wildman–Crippen LogP) is 5.81. The number of carbonyl (C=O) groups excluding carboxylic acids is 3. The number of halogens is 1. The van der Waals surface area contributed by atoms with Gasteiger partial charge in [0.15, 0.2) is 6.61 Å². The molecule has 2 bridgehead atoms. The maximum absolute atomic E-state index is 13.5. The first kappa shape index (κ1) is 27.3. The van der Waals surface area contributed by atoms with Crippen molar-refractivity contribution >= 4 is 40.3 Å². The zero-order chi connectivity index (χ0) is 28.1. The molecular formula is C31H35ClN2O5. The van der Waals surface area contributed by atoms with Crippen LogP contribution in [-0.2, 0) is 20.7 Å². The number of nitrogens with zero attached hydrogens (tertiary/aromatic N) is 2. The number of carbonyl (C=O) groups is 3. The van der Waals surface area contributed by atoms with Gasteiger partial charge in [0.05, 0.1) is 19.0 Å². The van der Waals surface area contributed by atoms with Crippen LogP contribution in [0.15, 0.2) is 42.5 Å². The van der Waals surface area contributed by atoms with Crippen molar-refractivity contribution in [3.63, 3.8) is 0 Å². The minimum atomic E-state index is -0.513. The summed E-state index contributed by atoms with van der Waals surface area (Å²) in [6, 6.07) is 12.3. The summed E-state index contributed by atoms with van der Waals surface area (Å²) in [6.07, 6.45) is 2.97. The van der Waals surface area contributed by atoms with Gasteiger partial charge in [-0.25, -0.2) is 0 Å². The topological polar surface area (TPSA) is 77.8 Å². The molecule has 1 aliphatic heterocycles. The van der Waals surface area contributed by atoms with Crippen molar-refractivity contribution in [1.29, 1.82) is 0 Å². The number of aromatic nitrogens is 1. The van der Waals surface area contributed by atoms with Gasteiger partial charge in [0.25, 0.3) is 11.8 Å². The number of benzene rings is 2. The Morgan fingerprint density at radius 1 is 1.05 bits per heavy atom. The summed E-state index contributed by atoms with van der Waals surface area (Å²) in [5.41, 5.74) is 2.73. The lowest BCUT2D eigenvalue weighted by Crippen LogP contribution is -2.40. The first-order valence-corrected chi connectivity index (χ1v) is 13.7. The third kappa shape index (κ3) is 5.29. The van der Waals surface area contributed by atoms with Gasteiger partial charge in [-0.2, -0.15) is 0 Å². The number of amides is 1. The molecule has 1 saturated heterocycles. The van der Waals surface area contributed by atoms with Gasteiger partial charge < -0.3 is 14.4 Å². The monoisotopic (exact) mass is 550 g/mol. The molecule has 1 amide bonds. The van der Waals surface area contributed by atoms with Gasteiger partial charge in [0.2, 0.25) is 0 Å². The second-order valence-electron chi connectivity index (χ2n) is 12.2.